The number of primary amides is 1. The van der Waals surface area contributed by atoms with E-state index in [0.29, 0.717) is 51.3 Å². The standard InChI is InChI=1S/C35H37N11O6/c1-5-45-28(16-20(2)41-45)31(49)39-35-38-25-19-23(33(51)52-4)9-11-27(25)44(35)13-7-6-12-43-26-10-8-22(30(36)48)18-24(26)37-34(43)40-32(50)29-17-21(3)42-46(29)14-15-47/h6-11,16-19,47H,5,12-15H2,1-4H3,(H2,36,48)(H,37,40,50)(H,38,39,49)/b7-6+. The molecule has 0 atom stereocenters. The first-order chi connectivity index (χ1) is 25.0. The molecule has 0 unspecified atom stereocenters. The monoisotopic (exact) mass is 707 g/mol. The number of aryl methyl sites for hydroxylation is 3. The van der Waals surface area contributed by atoms with Crippen LogP contribution in [0.15, 0.2) is 60.7 Å². The van der Waals surface area contributed by atoms with Gasteiger partial charge < -0.3 is 24.7 Å². The molecular formula is C35H37N11O6. The summed E-state index contributed by atoms with van der Waals surface area (Å²) in [4.78, 5) is 60.2. The minimum absolute atomic E-state index is 0.134. The van der Waals surface area contributed by atoms with Gasteiger partial charge in [-0.2, -0.15) is 10.2 Å². The Morgan fingerprint density at radius 1 is 0.788 bits per heavy atom. The third-order valence-electron chi connectivity index (χ3n) is 8.28. The van der Waals surface area contributed by atoms with Crippen LogP contribution in [0.4, 0.5) is 11.9 Å². The molecule has 0 aliphatic heterocycles. The van der Waals surface area contributed by atoms with Gasteiger partial charge in [0, 0.05) is 25.2 Å². The van der Waals surface area contributed by atoms with Crippen molar-refractivity contribution in [1.29, 1.82) is 0 Å². The summed E-state index contributed by atoms with van der Waals surface area (Å²) in [5.41, 5.74) is 10.2. The van der Waals surface area contributed by atoms with E-state index in [1.165, 1.54) is 11.8 Å². The molecule has 0 saturated carbocycles. The number of nitrogens with zero attached hydrogens (tertiary/aromatic N) is 8. The molecule has 2 aromatic carbocycles. The number of methoxy groups -OCH3 is 1. The molecule has 3 amide bonds. The topological polar surface area (TPSA) is 219 Å². The number of carbonyl (C=O) groups is 4. The Labute approximate surface area is 296 Å². The molecule has 0 spiro atoms. The van der Waals surface area contributed by atoms with E-state index in [0.717, 1.165) is 0 Å². The molecule has 0 aliphatic carbocycles. The van der Waals surface area contributed by atoms with Gasteiger partial charge in [-0.15, -0.1) is 0 Å². The van der Waals surface area contributed by atoms with Crippen molar-refractivity contribution in [1.82, 2.24) is 38.7 Å². The maximum Gasteiger partial charge on any atom is 0.337 e. The van der Waals surface area contributed by atoms with E-state index < -0.39 is 23.7 Å². The SMILES string of the molecule is CCn1nc(C)cc1C(=O)Nc1nc2cc(C(=O)OC)ccc2n1C/C=C/Cn1c(NC(=O)c2cc(C)nn2CCO)nc2cc(C(N)=O)ccc21. The first-order valence-electron chi connectivity index (χ1n) is 16.4. The van der Waals surface area contributed by atoms with Crippen molar-refractivity contribution in [2.24, 2.45) is 5.73 Å². The molecule has 0 fully saturated rings. The van der Waals surface area contributed by atoms with Gasteiger partial charge in [-0.05, 0) is 69.3 Å². The number of aromatic nitrogens is 8. The van der Waals surface area contributed by atoms with E-state index >= 15 is 0 Å². The second-order valence-electron chi connectivity index (χ2n) is 11.8. The Kier molecular flexibility index (Phi) is 9.95. The Hall–Kier alpha value is -6.62. The average molecular weight is 708 g/mol. The number of allylic oxidation sites excluding steroid dienone is 2. The number of aliphatic hydroxyl groups is 1. The highest BCUT2D eigenvalue weighted by atomic mass is 16.5. The van der Waals surface area contributed by atoms with Gasteiger partial charge in [-0.25, -0.2) is 14.8 Å². The second kappa shape index (κ2) is 14.7. The average Bonchev–Trinajstić information content (AvgIpc) is 3.88. The molecule has 6 rings (SSSR count). The molecule has 268 valence electrons. The molecule has 4 heterocycles. The fourth-order valence-corrected chi connectivity index (χ4v) is 5.87. The van der Waals surface area contributed by atoms with Gasteiger partial charge in [0.25, 0.3) is 11.8 Å². The lowest BCUT2D eigenvalue weighted by molar-refractivity contribution is 0.0600. The molecule has 0 saturated heterocycles. The van der Waals surface area contributed by atoms with Crippen LogP contribution < -0.4 is 16.4 Å². The van der Waals surface area contributed by atoms with Gasteiger partial charge in [0.1, 0.15) is 11.4 Å². The highest BCUT2D eigenvalue weighted by molar-refractivity contribution is 6.04. The number of anilines is 2. The van der Waals surface area contributed by atoms with Gasteiger partial charge in [-0.3, -0.25) is 34.4 Å². The molecule has 17 heteroatoms. The number of benzene rings is 2. The maximum atomic E-state index is 13.4. The Morgan fingerprint density at radius 3 is 1.79 bits per heavy atom. The zero-order valence-electron chi connectivity index (χ0n) is 29.0. The van der Waals surface area contributed by atoms with E-state index in [9.17, 15) is 24.3 Å². The van der Waals surface area contributed by atoms with Crippen molar-refractivity contribution in [3.63, 3.8) is 0 Å². The number of aliphatic hydroxyl groups excluding tert-OH is 1. The van der Waals surface area contributed by atoms with Crippen molar-refractivity contribution in [3.8, 4) is 0 Å². The van der Waals surface area contributed by atoms with E-state index in [1.807, 2.05) is 26.0 Å². The third-order valence-corrected chi connectivity index (χ3v) is 8.28. The summed E-state index contributed by atoms with van der Waals surface area (Å²) in [5.74, 6) is -1.56. The van der Waals surface area contributed by atoms with Crippen LogP contribution in [0.1, 0.15) is 60.0 Å². The largest absolute Gasteiger partial charge is 0.465 e. The molecule has 6 aromatic rings. The number of rotatable bonds is 13. The van der Waals surface area contributed by atoms with Crippen LogP contribution in [-0.4, -0.2) is 81.2 Å². The van der Waals surface area contributed by atoms with E-state index in [-0.39, 0.29) is 49.4 Å². The number of amides is 3. The van der Waals surface area contributed by atoms with Crippen LogP contribution in [0.25, 0.3) is 22.1 Å². The fraction of sp³-hybridized carbons (Fsp3) is 0.257. The molecule has 52 heavy (non-hydrogen) atoms. The summed E-state index contributed by atoms with van der Waals surface area (Å²) >= 11 is 0. The lowest BCUT2D eigenvalue weighted by Crippen LogP contribution is -2.21. The quantitative estimate of drug-likeness (QED) is 0.102. The number of imidazole rings is 2. The zero-order chi connectivity index (χ0) is 37.1. The van der Waals surface area contributed by atoms with Crippen molar-refractivity contribution in [3.05, 3.63) is 94.6 Å². The zero-order valence-corrected chi connectivity index (χ0v) is 29.0. The second-order valence-corrected chi connectivity index (χ2v) is 11.8. The first kappa shape index (κ1) is 35.2. The predicted octanol–water partition coefficient (Wildman–Crippen LogP) is 3.05. The molecule has 0 radical (unpaired) electrons. The lowest BCUT2D eigenvalue weighted by atomic mass is 10.2. The van der Waals surface area contributed by atoms with Gasteiger partial charge in [0.2, 0.25) is 17.8 Å². The third kappa shape index (κ3) is 7.02. The number of hydrogen-bond donors (Lipinski definition) is 4. The molecule has 5 N–H and O–H groups in total. The summed E-state index contributed by atoms with van der Waals surface area (Å²) in [6.45, 7) is 6.38. The number of nitrogens with two attached hydrogens (primary N) is 1. The summed E-state index contributed by atoms with van der Waals surface area (Å²) in [6, 6.07) is 13.1. The first-order valence-corrected chi connectivity index (χ1v) is 16.4. The Balaban J connectivity index is 1.32. The van der Waals surface area contributed by atoms with Crippen LogP contribution in [0.2, 0.25) is 0 Å². The number of nitrogens with one attached hydrogen (secondary N) is 2. The normalized spacial score (nSPS) is 11.5. The van der Waals surface area contributed by atoms with Crippen LogP contribution in [0.5, 0.6) is 0 Å². The number of carbonyl (C=O) groups excluding carboxylic acids is 4. The Morgan fingerprint density at radius 2 is 1.29 bits per heavy atom. The minimum Gasteiger partial charge on any atom is -0.465 e. The summed E-state index contributed by atoms with van der Waals surface area (Å²) in [7, 11) is 1.30. The fourth-order valence-electron chi connectivity index (χ4n) is 5.87. The minimum atomic E-state index is -0.617. The highest BCUT2D eigenvalue weighted by Gasteiger charge is 2.21. The van der Waals surface area contributed by atoms with Gasteiger partial charge >= 0.3 is 5.97 Å². The molecule has 0 bridgehead atoms. The number of fused-ring (bicyclic) bond motifs is 2. The smallest absolute Gasteiger partial charge is 0.337 e. The maximum absolute atomic E-state index is 13.4. The van der Waals surface area contributed by atoms with Crippen LogP contribution in [0.3, 0.4) is 0 Å². The highest BCUT2D eigenvalue weighted by Crippen LogP contribution is 2.24. The van der Waals surface area contributed by atoms with Gasteiger partial charge in [0.15, 0.2) is 0 Å². The molecule has 4 aromatic heterocycles. The van der Waals surface area contributed by atoms with Crippen molar-refractivity contribution in [2.75, 3.05) is 24.4 Å². The van der Waals surface area contributed by atoms with Crippen molar-refractivity contribution < 1.29 is 29.0 Å². The predicted molar refractivity (Wildman–Crippen MR) is 191 cm³/mol. The number of ether oxygens (including phenoxy) is 1. The lowest BCUT2D eigenvalue weighted by Gasteiger charge is -2.10. The van der Waals surface area contributed by atoms with Crippen LogP contribution in [0, 0.1) is 13.8 Å². The summed E-state index contributed by atoms with van der Waals surface area (Å²) < 4.78 is 11.5. The Bertz CT molecular complexity index is 2380. The van der Waals surface area contributed by atoms with E-state index in [4.69, 9.17) is 10.5 Å². The molecule has 17 nitrogen and oxygen atoms in total. The van der Waals surface area contributed by atoms with Gasteiger partial charge in [-0.1, -0.05) is 12.2 Å². The summed E-state index contributed by atoms with van der Waals surface area (Å²) in [6.07, 6.45) is 3.72. The number of hydrogen-bond acceptors (Lipinski definition) is 10. The van der Waals surface area contributed by atoms with Crippen LogP contribution in [-0.2, 0) is 30.9 Å². The van der Waals surface area contributed by atoms with E-state index in [2.05, 4.69) is 30.8 Å². The van der Waals surface area contributed by atoms with Crippen LogP contribution >= 0.6 is 0 Å². The van der Waals surface area contributed by atoms with Crippen molar-refractivity contribution >= 4 is 57.7 Å². The number of esters is 1. The molecular weight excluding hydrogens is 670 g/mol. The van der Waals surface area contributed by atoms with Crippen molar-refractivity contribution in [2.45, 2.75) is 47.0 Å². The van der Waals surface area contributed by atoms with E-state index in [1.54, 1.807) is 69.3 Å². The van der Waals surface area contributed by atoms with Gasteiger partial charge in [0.05, 0.1) is 59.3 Å². The summed E-state index contributed by atoms with van der Waals surface area (Å²) in [5, 5.41) is 23.9. The molecule has 0 aliphatic rings.